The molecule has 1 aliphatic rings. The van der Waals surface area contributed by atoms with Crippen molar-refractivity contribution in [1.82, 2.24) is 0 Å². The van der Waals surface area contributed by atoms with Gasteiger partial charge >= 0.3 is 5.97 Å². The van der Waals surface area contributed by atoms with Crippen molar-refractivity contribution in [3.8, 4) is 0 Å². The Labute approximate surface area is 114 Å². The van der Waals surface area contributed by atoms with Crippen LogP contribution in [0.1, 0.15) is 48.9 Å². The van der Waals surface area contributed by atoms with Crippen LogP contribution >= 0.6 is 0 Å². The van der Waals surface area contributed by atoms with Crippen molar-refractivity contribution in [3.05, 3.63) is 42.0 Å². The highest BCUT2D eigenvalue weighted by Gasteiger charge is 2.07. The van der Waals surface area contributed by atoms with Gasteiger partial charge in [-0.15, -0.1) is 0 Å². The normalized spacial score (nSPS) is 20.1. The Morgan fingerprint density at radius 3 is 2.58 bits per heavy atom. The molecule has 0 aromatic heterocycles. The second-order valence-corrected chi connectivity index (χ2v) is 5.05. The van der Waals surface area contributed by atoms with Crippen LogP contribution in [0.15, 0.2) is 36.4 Å². The van der Waals surface area contributed by atoms with Gasteiger partial charge in [-0.05, 0) is 43.5 Å². The van der Waals surface area contributed by atoms with Crippen molar-refractivity contribution in [3.63, 3.8) is 0 Å². The van der Waals surface area contributed by atoms with Crippen molar-refractivity contribution in [2.24, 2.45) is 0 Å². The smallest absolute Gasteiger partial charge is 0.335 e. The standard InChI is InChI=1S/C16H21NO2/c18-16(19)13-9-11-15(12-10-13)17-14-7-5-3-1-2-4-6-8-14/h5,7,9-12,14,17H,1-4,6,8H2,(H,18,19). The van der Waals surface area contributed by atoms with Crippen molar-refractivity contribution >= 4 is 11.7 Å². The molecule has 0 bridgehead atoms. The summed E-state index contributed by atoms with van der Waals surface area (Å²) in [6.45, 7) is 0. The third kappa shape index (κ3) is 4.43. The van der Waals surface area contributed by atoms with Crippen molar-refractivity contribution < 1.29 is 9.90 Å². The molecular formula is C16H21NO2. The highest BCUT2D eigenvalue weighted by molar-refractivity contribution is 5.88. The minimum Gasteiger partial charge on any atom is -0.478 e. The summed E-state index contributed by atoms with van der Waals surface area (Å²) in [7, 11) is 0. The summed E-state index contributed by atoms with van der Waals surface area (Å²) in [6, 6.07) is 7.31. The number of carboxylic acids is 1. The van der Waals surface area contributed by atoms with Gasteiger partial charge in [0.05, 0.1) is 5.56 Å². The number of aromatic carboxylic acids is 1. The molecule has 19 heavy (non-hydrogen) atoms. The van der Waals surface area contributed by atoms with Gasteiger partial charge in [0.15, 0.2) is 0 Å². The SMILES string of the molecule is O=C(O)c1ccc(NC2C=CCCCCCC2)cc1. The molecule has 2 N–H and O–H groups in total. The van der Waals surface area contributed by atoms with Crippen molar-refractivity contribution in [2.75, 3.05) is 5.32 Å². The number of hydrogen-bond donors (Lipinski definition) is 2. The van der Waals surface area contributed by atoms with E-state index in [1.54, 1.807) is 12.1 Å². The molecule has 1 aromatic rings. The Hall–Kier alpha value is -1.77. The molecule has 1 aromatic carbocycles. The quantitative estimate of drug-likeness (QED) is 0.804. The van der Waals surface area contributed by atoms with Gasteiger partial charge in [0, 0.05) is 11.7 Å². The summed E-state index contributed by atoms with van der Waals surface area (Å²) in [5.41, 5.74) is 1.31. The minimum atomic E-state index is -0.881. The van der Waals surface area contributed by atoms with Crippen LogP contribution in [0.3, 0.4) is 0 Å². The first-order valence-electron chi connectivity index (χ1n) is 7.02. The van der Waals surface area contributed by atoms with E-state index in [4.69, 9.17) is 5.11 Å². The third-order valence-corrected chi connectivity index (χ3v) is 3.49. The lowest BCUT2D eigenvalue weighted by molar-refractivity contribution is 0.0697. The fourth-order valence-corrected chi connectivity index (χ4v) is 2.38. The Kier molecular flexibility index (Phi) is 5.01. The summed E-state index contributed by atoms with van der Waals surface area (Å²) in [5, 5.41) is 12.3. The molecule has 0 saturated carbocycles. The Morgan fingerprint density at radius 1 is 1.11 bits per heavy atom. The van der Waals surface area contributed by atoms with E-state index in [2.05, 4.69) is 17.5 Å². The maximum atomic E-state index is 10.8. The topological polar surface area (TPSA) is 49.3 Å². The molecule has 102 valence electrons. The van der Waals surface area contributed by atoms with Gasteiger partial charge in [-0.3, -0.25) is 0 Å². The molecule has 2 rings (SSSR count). The molecule has 0 heterocycles. The number of nitrogens with one attached hydrogen (secondary N) is 1. The largest absolute Gasteiger partial charge is 0.478 e. The first-order chi connectivity index (χ1) is 9.25. The molecule has 0 saturated heterocycles. The first-order valence-corrected chi connectivity index (χ1v) is 7.02. The molecule has 0 spiro atoms. The Balaban J connectivity index is 1.97. The predicted molar refractivity (Wildman–Crippen MR) is 77.7 cm³/mol. The van der Waals surface area contributed by atoms with Crippen molar-refractivity contribution in [2.45, 2.75) is 44.6 Å². The Bertz CT molecular complexity index is 437. The van der Waals surface area contributed by atoms with E-state index in [1.165, 1.54) is 25.7 Å². The monoisotopic (exact) mass is 259 g/mol. The Morgan fingerprint density at radius 2 is 1.84 bits per heavy atom. The van der Waals surface area contributed by atoms with Crippen LogP contribution in [0.25, 0.3) is 0 Å². The number of allylic oxidation sites excluding steroid dienone is 1. The summed E-state index contributed by atoms with van der Waals surface area (Å²) in [4.78, 5) is 10.8. The van der Waals surface area contributed by atoms with Gasteiger partial charge in [-0.25, -0.2) is 4.79 Å². The highest BCUT2D eigenvalue weighted by atomic mass is 16.4. The molecule has 1 aliphatic carbocycles. The van der Waals surface area contributed by atoms with Gasteiger partial charge in [0.2, 0.25) is 0 Å². The molecule has 0 amide bonds. The molecule has 3 nitrogen and oxygen atoms in total. The minimum absolute atomic E-state index is 0.329. The zero-order valence-corrected chi connectivity index (χ0v) is 11.1. The maximum absolute atomic E-state index is 10.8. The highest BCUT2D eigenvalue weighted by Crippen LogP contribution is 2.17. The van der Waals surface area contributed by atoms with Crippen LogP contribution in [0.5, 0.6) is 0 Å². The summed E-state index contributed by atoms with van der Waals surface area (Å²) in [5.74, 6) is -0.881. The molecule has 3 heteroatoms. The number of benzene rings is 1. The maximum Gasteiger partial charge on any atom is 0.335 e. The van der Waals surface area contributed by atoms with Crippen LogP contribution in [0.4, 0.5) is 5.69 Å². The van der Waals surface area contributed by atoms with Gasteiger partial charge in [-0.2, -0.15) is 0 Å². The zero-order chi connectivity index (χ0) is 13.5. The molecule has 0 radical (unpaired) electrons. The lowest BCUT2D eigenvalue weighted by Crippen LogP contribution is -2.16. The lowest BCUT2D eigenvalue weighted by atomic mass is 10.1. The fourth-order valence-electron chi connectivity index (χ4n) is 2.38. The summed E-state index contributed by atoms with van der Waals surface area (Å²) >= 11 is 0. The number of anilines is 1. The van der Waals surface area contributed by atoms with E-state index in [-0.39, 0.29) is 0 Å². The van der Waals surface area contributed by atoms with Crippen LogP contribution in [-0.4, -0.2) is 17.1 Å². The van der Waals surface area contributed by atoms with E-state index in [1.807, 2.05) is 12.1 Å². The predicted octanol–water partition coefficient (Wildman–Crippen LogP) is 4.08. The van der Waals surface area contributed by atoms with Crippen LogP contribution < -0.4 is 5.32 Å². The summed E-state index contributed by atoms with van der Waals surface area (Å²) in [6.07, 6.45) is 12.0. The van der Waals surface area contributed by atoms with Gasteiger partial charge in [0.1, 0.15) is 0 Å². The average molecular weight is 259 g/mol. The number of rotatable bonds is 3. The van der Waals surface area contributed by atoms with E-state index in [9.17, 15) is 4.79 Å². The molecular weight excluding hydrogens is 238 g/mol. The second-order valence-electron chi connectivity index (χ2n) is 5.05. The van der Waals surface area contributed by atoms with E-state index in [0.29, 0.717) is 11.6 Å². The zero-order valence-electron chi connectivity index (χ0n) is 11.1. The van der Waals surface area contributed by atoms with Crippen LogP contribution in [-0.2, 0) is 0 Å². The number of carboxylic acid groups (broad SMARTS) is 1. The van der Waals surface area contributed by atoms with Gasteiger partial charge in [0.25, 0.3) is 0 Å². The van der Waals surface area contributed by atoms with Crippen LogP contribution in [0.2, 0.25) is 0 Å². The van der Waals surface area contributed by atoms with E-state index >= 15 is 0 Å². The molecule has 1 atom stereocenters. The molecule has 0 fully saturated rings. The molecule has 1 unspecified atom stereocenters. The van der Waals surface area contributed by atoms with Gasteiger partial charge in [-0.1, -0.05) is 31.4 Å². The lowest BCUT2D eigenvalue weighted by Gasteiger charge is -2.16. The third-order valence-electron chi connectivity index (χ3n) is 3.49. The van der Waals surface area contributed by atoms with Gasteiger partial charge < -0.3 is 10.4 Å². The number of carbonyl (C=O) groups is 1. The van der Waals surface area contributed by atoms with E-state index < -0.39 is 5.97 Å². The first kappa shape index (κ1) is 13.7. The fraction of sp³-hybridized carbons (Fsp3) is 0.438. The summed E-state index contributed by atoms with van der Waals surface area (Å²) < 4.78 is 0. The molecule has 0 aliphatic heterocycles. The van der Waals surface area contributed by atoms with E-state index in [0.717, 1.165) is 18.5 Å². The average Bonchev–Trinajstić information content (AvgIpc) is 2.53. The van der Waals surface area contributed by atoms with Crippen LogP contribution in [0, 0.1) is 0 Å². The van der Waals surface area contributed by atoms with Crippen molar-refractivity contribution in [1.29, 1.82) is 0 Å². The number of hydrogen-bond acceptors (Lipinski definition) is 2. The second kappa shape index (κ2) is 6.98.